The predicted octanol–water partition coefficient (Wildman–Crippen LogP) is -0.326. The molecule has 0 N–H and O–H groups in total. The molecule has 1 unspecified atom stereocenters. The summed E-state index contributed by atoms with van der Waals surface area (Å²) in [4.78, 5) is 20.5. The minimum atomic E-state index is -1.19. The van der Waals surface area contributed by atoms with Gasteiger partial charge in [-0.2, -0.15) is 0 Å². The zero-order valence-electron chi connectivity index (χ0n) is 5.92. The van der Waals surface area contributed by atoms with Gasteiger partial charge in [0.25, 0.3) is 0 Å². The van der Waals surface area contributed by atoms with Crippen molar-refractivity contribution in [1.82, 2.24) is 0 Å². The minimum Gasteiger partial charge on any atom is -0.464 e. The van der Waals surface area contributed by atoms with E-state index >= 15 is 0 Å². The normalized spacial score (nSPS) is 12.2. The third-order valence-corrected chi connectivity index (χ3v) is 0.843. The van der Waals surface area contributed by atoms with E-state index in [0.29, 0.717) is 0 Å². The first-order valence-corrected chi connectivity index (χ1v) is 2.83. The lowest BCUT2D eigenvalue weighted by Gasteiger charge is -2.04. The Kier molecular flexibility index (Phi) is 4.49. The van der Waals surface area contributed by atoms with Crippen molar-refractivity contribution < 1.29 is 19.1 Å². The molecular formula is C6H9O4. The summed E-state index contributed by atoms with van der Waals surface area (Å²) in [5, 5.41) is 0. The van der Waals surface area contributed by atoms with Crippen LogP contribution in [-0.2, 0) is 19.1 Å². The number of rotatable bonds is 4. The van der Waals surface area contributed by atoms with Crippen LogP contribution in [0.3, 0.4) is 0 Å². The van der Waals surface area contributed by atoms with Crippen LogP contribution in [0.15, 0.2) is 0 Å². The molecule has 0 spiro atoms. The van der Waals surface area contributed by atoms with Crippen LogP contribution in [-0.4, -0.2) is 32.1 Å². The second-order valence-corrected chi connectivity index (χ2v) is 1.49. The van der Waals surface area contributed by atoms with Gasteiger partial charge in [0.15, 0.2) is 0 Å². The van der Waals surface area contributed by atoms with Gasteiger partial charge >= 0.3 is 5.97 Å². The van der Waals surface area contributed by atoms with Crippen molar-refractivity contribution in [2.45, 2.75) is 13.0 Å². The molecule has 57 valence electrons. The maximum Gasteiger partial charge on any atom is 0.343 e. The van der Waals surface area contributed by atoms with Crippen molar-refractivity contribution in [3.05, 3.63) is 0 Å². The SMILES string of the molecule is CCOC(=O)C([C]=O)OC. The van der Waals surface area contributed by atoms with Crippen molar-refractivity contribution in [3.63, 3.8) is 0 Å². The molecule has 0 amide bonds. The standard InChI is InChI=1S/C6H9O4/c1-3-10-6(8)5(4-7)9-2/h5H,3H2,1-2H3. The van der Waals surface area contributed by atoms with Gasteiger partial charge in [-0.15, -0.1) is 0 Å². The van der Waals surface area contributed by atoms with Gasteiger partial charge in [-0.1, -0.05) is 0 Å². The Labute approximate surface area is 59.1 Å². The fraction of sp³-hybridized carbons (Fsp3) is 0.667. The summed E-state index contributed by atoms with van der Waals surface area (Å²) in [7, 11) is 1.24. The largest absolute Gasteiger partial charge is 0.464 e. The van der Waals surface area contributed by atoms with Crippen LogP contribution < -0.4 is 0 Å². The van der Waals surface area contributed by atoms with Gasteiger partial charge in [-0.25, -0.2) is 4.79 Å². The van der Waals surface area contributed by atoms with E-state index in [4.69, 9.17) is 0 Å². The molecule has 0 aromatic carbocycles. The number of hydrogen-bond acceptors (Lipinski definition) is 4. The maximum atomic E-state index is 10.6. The Morgan fingerprint density at radius 1 is 1.70 bits per heavy atom. The van der Waals surface area contributed by atoms with Gasteiger partial charge in [-0.3, -0.25) is 4.79 Å². The molecule has 0 heterocycles. The van der Waals surface area contributed by atoms with Crippen LogP contribution in [0.5, 0.6) is 0 Å². The zero-order valence-corrected chi connectivity index (χ0v) is 5.92. The summed E-state index contributed by atoms with van der Waals surface area (Å²) in [6.45, 7) is 1.88. The lowest BCUT2D eigenvalue weighted by Crippen LogP contribution is -2.26. The number of esters is 1. The number of hydrogen-bond donors (Lipinski definition) is 0. The highest BCUT2D eigenvalue weighted by Crippen LogP contribution is 1.89. The topological polar surface area (TPSA) is 52.6 Å². The lowest BCUT2D eigenvalue weighted by atomic mass is 10.4. The second kappa shape index (κ2) is 4.93. The molecule has 4 nitrogen and oxygen atoms in total. The summed E-state index contributed by atoms with van der Waals surface area (Å²) in [5.74, 6) is -0.694. The maximum absolute atomic E-state index is 10.6. The Morgan fingerprint density at radius 3 is 2.60 bits per heavy atom. The van der Waals surface area contributed by atoms with E-state index in [9.17, 15) is 9.59 Å². The molecule has 1 atom stereocenters. The molecule has 0 saturated heterocycles. The average molecular weight is 145 g/mol. The third kappa shape index (κ3) is 2.59. The van der Waals surface area contributed by atoms with Crippen LogP contribution in [0.1, 0.15) is 6.92 Å². The molecule has 10 heavy (non-hydrogen) atoms. The van der Waals surface area contributed by atoms with E-state index in [2.05, 4.69) is 9.47 Å². The van der Waals surface area contributed by atoms with Crippen molar-refractivity contribution in [1.29, 1.82) is 0 Å². The summed E-state index contributed by atoms with van der Waals surface area (Å²) in [6.07, 6.45) is 0.195. The van der Waals surface area contributed by atoms with Crippen LogP contribution in [0.4, 0.5) is 0 Å². The Morgan fingerprint density at radius 2 is 2.30 bits per heavy atom. The Hall–Kier alpha value is -0.900. The smallest absolute Gasteiger partial charge is 0.343 e. The van der Waals surface area contributed by atoms with Crippen LogP contribution in [0, 0.1) is 0 Å². The lowest BCUT2D eigenvalue weighted by molar-refractivity contribution is -0.150. The summed E-state index contributed by atoms with van der Waals surface area (Å²) < 4.78 is 8.88. The van der Waals surface area contributed by atoms with Gasteiger partial charge in [-0.05, 0) is 6.92 Å². The van der Waals surface area contributed by atoms with Gasteiger partial charge in [0, 0.05) is 7.11 Å². The molecule has 0 aliphatic carbocycles. The molecule has 0 rings (SSSR count). The first-order valence-electron chi connectivity index (χ1n) is 2.83. The summed E-state index contributed by atoms with van der Waals surface area (Å²) >= 11 is 0. The molecule has 1 radical (unpaired) electrons. The first-order chi connectivity index (χ1) is 4.76. The molecule has 0 fully saturated rings. The first kappa shape index (κ1) is 9.10. The number of carbonyl (C=O) groups excluding carboxylic acids is 2. The zero-order chi connectivity index (χ0) is 7.98. The van der Waals surface area contributed by atoms with Crippen molar-refractivity contribution in [2.75, 3.05) is 13.7 Å². The monoisotopic (exact) mass is 145 g/mol. The molecule has 4 heteroatoms. The van der Waals surface area contributed by atoms with Gasteiger partial charge < -0.3 is 9.47 Å². The second-order valence-electron chi connectivity index (χ2n) is 1.49. The highest BCUT2D eigenvalue weighted by Gasteiger charge is 2.18. The highest BCUT2D eigenvalue weighted by atomic mass is 16.6. The molecule has 0 saturated carbocycles. The minimum absolute atomic E-state index is 0.236. The molecule has 0 aromatic heterocycles. The van der Waals surface area contributed by atoms with E-state index in [1.165, 1.54) is 13.4 Å². The molecule has 0 aliphatic rings. The predicted molar refractivity (Wildman–Crippen MR) is 33.1 cm³/mol. The van der Waals surface area contributed by atoms with Crippen LogP contribution in [0.25, 0.3) is 0 Å². The molecular weight excluding hydrogens is 136 g/mol. The third-order valence-electron chi connectivity index (χ3n) is 0.843. The van der Waals surface area contributed by atoms with E-state index in [1.807, 2.05) is 0 Å². The van der Waals surface area contributed by atoms with Crippen LogP contribution in [0.2, 0.25) is 0 Å². The molecule has 0 aliphatic heterocycles. The fourth-order valence-corrected chi connectivity index (χ4v) is 0.410. The number of carbonyl (C=O) groups is 1. The van der Waals surface area contributed by atoms with Crippen molar-refractivity contribution in [2.24, 2.45) is 0 Å². The number of methoxy groups -OCH3 is 1. The van der Waals surface area contributed by atoms with Crippen molar-refractivity contribution in [3.8, 4) is 0 Å². The van der Waals surface area contributed by atoms with E-state index in [0.717, 1.165) is 0 Å². The Balaban J connectivity index is 3.76. The molecule has 0 aromatic rings. The van der Waals surface area contributed by atoms with E-state index in [-0.39, 0.29) is 6.61 Å². The summed E-state index contributed by atoms with van der Waals surface area (Å²) in [5.41, 5.74) is 0. The quantitative estimate of drug-likeness (QED) is 0.401. The molecule has 0 bridgehead atoms. The van der Waals surface area contributed by atoms with E-state index < -0.39 is 12.1 Å². The highest BCUT2D eigenvalue weighted by molar-refractivity contribution is 5.91. The Bertz CT molecular complexity index is 121. The van der Waals surface area contributed by atoms with Crippen LogP contribution >= 0.6 is 0 Å². The van der Waals surface area contributed by atoms with Gasteiger partial charge in [0.05, 0.1) is 6.61 Å². The summed E-state index contributed by atoms with van der Waals surface area (Å²) in [6, 6.07) is 0. The number of ether oxygens (including phenoxy) is 2. The van der Waals surface area contributed by atoms with Gasteiger partial charge in [0.2, 0.25) is 12.4 Å². The van der Waals surface area contributed by atoms with E-state index in [1.54, 1.807) is 6.92 Å². The fourth-order valence-electron chi connectivity index (χ4n) is 0.410. The van der Waals surface area contributed by atoms with Crippen molar-refractivity contribution >= 4 is 12.3 Å². The average Bonchev–Trinajstić information content (AvgIpc) is 1.91. The van der Waals surface area contributed by atoms with Gasteiger partial charge in [0.1, 0.15) is 0 Å².